The van der Waals surface area contributed by atoms with Gasteiger partial charge in [0.15, 0.2) is 0 Å². The van der Waals surface area contributed by atoms with Gasteiger partial charge in [0.2, 0.25) is 0 Å². The van der Waals surface area contributed by atoms with Gasteiger partial charge in [-0.25, -0.2) is 0 Å². The second-order valence-electron chi connectivity index (χ2n) is 4.32. The first-order chi connectivity index (χ1) is 7.93. The van der Waals surface area contributed by atoms with E-state index >= 15 is 0 Å². The van der Waals surface area contributed by atoms with Crippen LogP contribution in [-0.2, 0) is 12.6 Å². The topological polar surface area (TPSA) is 23.5 Å². The Morgan fingerprint density at radius 2 is 2.12 bits per heavy atom. The molecule has 1 aliphatic rings. The molecule has 94 valence electrons. The number of hydrogen-bond acceptors (Lipinski definition) is 2. The second kappa shape index (κ2) is 4.22. The molecule has 0 spiro atoms. The number of aliphatic hydroxyl groups is 1. The zero-order valence-corrected chi connectivity index (χ0v) is 9.46. The lowest BCUT2D eigenvalue weighted by Gasteiger charge is -2.21. The molecule has 1 aliphatic heterocycles. The van der Waals surface area contributed by atoms with E-state index in [1.165, 1.54) is 12.1 Å². The van der Waals surface area contributed by atoms with Gasteiger partial charge in [0.05, 0.1) is 5.56 Å². The average molecular weight is 245 g/mol. The highest BCUT2D eigenvalue weighted by atomic mass is 19.4. The SMILES string of the molecule is CN1c2ccc(C(F)(F)F)cc2CC1CCO. The summed E-state index contributed by atoms with van der Waals surface area (Å²) in [4.78, 5) is 1.94. The molecule has 1 aromatic rings. The zero-order valence-electron chi connectivity index (χ0n) is 9.46. The number of rotatable bonds is 2. The molecule has 0 radical (unpaired) electrons. The minimum Gasteiger partial charge on any atom is -0.396 e. The van der Waals surface area contributed by atoms with Crippen LogP contribution in [0.25, 0.3) is 0 Å². The van der Waals surface area contributed by atoms with Crippen LogP contribution in [0.4, 0.5) is 18.9 Å². The van der Waals surface area contributed by atoms with Gasteiger partial charge in [0.25, 0.3) is 0 Å². The van der Waals surface area contributed by atoms with Gasteiger partial charge >= 0.3 is 6.18 Å². The Hall–Kier alpha value is -1.23. The fourth-order valence-electron chi connectivity index (χ4n) is 2.30. The Morgan fingerprint density at radius 1 is 1.41 bits per heavy atom. The predicted octanol–water partition coefficient (Wildman–Crippen LogP) is 2.45. The minimum atomic E-state index is -4.29. The first-order valence-electron chi connectivity index (χ1n) is 5.47. The summed E-state index contributed by atoms with van der Waals surface area (Å²) < 4.78 is 37.6. The van der Waals surface area contributed by atoms with Gasteiger partial charge in [0, 0.05) is 25.4 Å². The van der Waals surface area contributed by atoms with Gasteiger partial charge in [-0.05, 0) is 36.6 Å². The van der Waals surface area contributed by atoms with Crippen molar-refractivity contribution >= 4 is 5.69 Å². The molecule has 1 heterocycles. The maximum Gasteiger partial charge on any atom is 0.416 e. The standard InChI is InChI=1S/C12H14F3NO/c1-16-10(4-5-17)7-8-6-9(12(13,14)15)2-3-11(8)16/h2-3,6,10,17H,4-5,7H2,1H3. The Kier molecular flexibility index (Phi) is 3.03. The van der Waals surface area contributed by atoms with Crippen molar-refractivity contribution in [3.63, 3.8) is 0 Å². The maximum atomic E-state index is 12.5. The van der Waals surface area contributed by atoms with Crippen LogP contribution < -0.4 is 4.90 Å². The molecule has 5 heteroatoms. The molecular weight excluding hydrogens is 231 g/mol. The molecule has 0 saturated carbocycles. The molecule has 0 fully saturated rings. The number of likely N-dealkylation sites (N-methyl/N-ethyl adjacent to an activating group) is 1. The van der Waals surface area contributed by atoms with E-state index in [0.717, 1.165) is 11.8 Å². The Labute approximate surface area is 97.7 Å². The van der Waals surface area contributed by atoms with Crippen LogP contribution in [0.3, 0.4) is 0 Å². The van der Waals surface area contributed by atoms with E-state index in [1.807, 2.05) is 11.9 Å². The van der Waals surface area contributed by atoms with Crippen LogP contribution >= 0.6 is 0 Å². The van der Waals surface area contributed by atoms with Gasteiger partial charge in [-0.3, -0.25) is 0 Å². The summed E-state index contributed by atoms with van der Waals surface area (Å²) in [5.74, 6) is 0. The van der Waals surface area contributed by atoms with E-state index in [0.29, 0.717) is 18.4 Å². The van der Waals surface area contributed by atoms with Crippen LogP contribution in [0.15, 0.2) is 18.2 Å². The van der Waals surface area contributed by atoms with Crippen molar-refractivity contribution in [2.45, 2.75) is 25.1 Å². The van der Waals surface area contributed by atoms with Crippen LogP contribution in [-0.4, -0.2) is 24.8 Å². The number of nitrogens with zero attached hydrogens (tertiary/aromatic N) is 1. The van der Waals surface area contributed by atoms with E-state index in [-0.39, 0.29) is 12.6 Å². The van der Waals surface area contributed by atoms with Crippen molar-refractivity contribution in [1.82, 2.24) is 0 Å². The lowest BCUT2D eigenvalue weighted by molar-refractivity contribution is -0.137. The third-order valence-electron chi connectivity index (χ3n) is 3.25. The molecule has 2 nitrogen and oxygen atoms in total. The molecule has 1 atom stereocenters. The van der Waals surface area contributed by atoms with E-state index in [2.05, 4.69) is 0 Å². The van der Waals surface area contributed by atoms with Crippen molar-refractivity contribution in [2.75, 3.05) is 18.6 Å². The van der Waals surface area contributed by atoms with Crippen molar-refractivity contribution in [1.29, 1.82) is 0 Å². The number of benzene rings is 1. The quantitative estimate of drug-likeness (QED) is 0.865. The van der Waals surface area contributed by atoms with Gasteiger partial charge in [-0.1, -0.05) is 0 Å². The molecule has 0 amide bonds. The monoisotopic (exact) mass is 245 g/mol. The fraction of sp³-hybridized carbons (Fsp3) is 0.500. The highest BCUT2D eigenvalue weighted by Crippen LogP contribution is 2.37. The molecule has 0 saturated heterocycles. The van der Waals surface area contributed by atoms with E-state index in [1.54, 1.807) is 0 Å². The highest BCUT2D eigenvalue weighted by Gasteiger charge is 2.33. The number of anilines is 1. The largest absolute Gasteiger partial charge is 0.416 e. The summed E-state index contributed by atoms with van der Waals surface area (Å²) in [6.45, 7) is 0.0507. The molecular formula is C12H14F3NO. The molecule has 0 aliphatic carbocycles. The molecule has 2 rings (SSSR count). The van der Waals surface area contributed by atoms with Gasteiger partial charge < -0.3 is 10.0 Å². The summed E-state index contributed by atoms with van der Waals surface area (Å²) in [7, 11) is 1.85. The average Bonchev–Trinajstić information content (AvgIpc) is 2.55. The normalized spacial score (nSPS) is 19.6. The van der Waals surface area contributed by atoms with Crippen LogP contribution in [0.2, 0.25) is 0 Å². The summed E-state index contributed by atoms with van der Waals surface area (Å²) in [6.07, 6.45) is -3.15. The maximum absolute atomic E-state index is 12.5. The summed E-state index contributed by atoms with van der Waals surface area (Å²) >= 11 is 0. The number of aliphatic hydroxyl groups excluding tert-OH is 1. The van der Waals surface area contributed by atoms with Gasteiger partial charge in [-0.2, -0.15) is 13.2 Å². The summed E-state index contributed by atoms with van der Waals surface area (Å²) in [6, 6.07) is 3.92. The number of halogens is 3. The number of alkyl halides is 3. The van der Waals surface area contributed by atoms with Crippen LogP contribution in [0.1, 0.15) is 17.5 Å². The first-order valence-corrected chi connectivity index (χ1v) is 5.47. The number of hydrogen-bond donors (Lipinski definition) is 1. The Balaban J connectivity index is 2.29. The first kappa shape index (κ1) is 12.2. The van der Waals surface area contributed by atoms with Crippen molar-refractivity contribution in [2.24, 2.45) is 0 Å². The van der Waals surface area contributed by atoms with E-state index in [9.17, 15) is 13.2 Å². The highest BCUT2D eigenvalue weighted by molar-refractivity contribution is 5.60. The second-order valence-corrected chi connectivity index (χ2v) is 4.32. The summed E-state index contributed by atoms with van der Waals surface area (Å²) in [5.41, 5.74) is 0.937. The third-order valence-corrected chi connectivity index (χ3v) is 3.25. The molecule has 1 N–H and O–H groups in total. The Bertz CT molecular complexity index is 417. The van der Waals surface area contributed by atoms with E-state index < -0.39 is 11.7 Å². The zero-order chi connectivity index (χ0) is 12.6. The fourth-order valence-corrected chi connectivity index (χ4v) is 2.30. The predicted molar refractivity (Wildman–Crippen MR) is 59.0 cm³/mol. The van der Waals surface area contributed by atoms with Crippen LogP contribution in [0, 0.1) is 0 Å². The molecule has 0 aromatic heterocycles. The van der Waals surface area contributed by atoms with Crippen LogP contribution in [0.5, 0.6) is 0 Å². The van der Waals surface area contributed by atoms with Gasteiger partial charge in [0.1, 0.15) is 0 Å². The Morgan fingerprint density at radius 3 is 2.71 bits per heavy atom. The molecule has 1 aromatic carbocycles. The van der Waals surface area contributed by atoms with Crippen molar-refractivity contribution in [3.05, 3.63) is 29.3 Å². The molecule has 1 unspecified atom stereocenters. The molecule has 0 bridgehead atoms. The van der Waals surface area contributed by atoms with Crippen molar-refractivity contribution < 1.29 is 18.3 Å². The number of fused-ring (bicyclic) bond motifs is 1. The van der Waals surface area contributed by atoms with E-state index in [4.69, 9.17) is 5.11 Å². The lowest BCUT2D eigenvalue weighted by Crippen LogP contribution is -2.28. The lowest BCUT2D eigenvalue weighted by atomic mass is 10.1. The summed E-state index contributed by atoms with van der Waals surface area (Å²) in [5, 5.41) is 8.90. The third kappa shape index (κ3) is 2.24. The molecule has 17 heavy (non-hydrogen) atoms. The smallest absolute Gasteiger partial charge is 0.396 e. The van der Waals surface area contributed by atoms with Gasteiger partial charge in [-0.15, -0.1) is 0 Å². The van der Waals surface area contributed by atoms with Crippen molar-refractivity contribution in [3.8, 4) is 0 Å². The minimum absolute atomic E-state index is 0.0507.